The highest BCUT2D eigenvalue weighted by atomic mass is 16.5. The van der Waals surface area contributed by atoms with Gasteiger partial charge in [0.15, 0.2) is 0 Å². The highest BCUT2D eigenvalue weighted by Crippen LogP contribution is 2.36. The highest BCUT2D eigenvalue weighted by Gasteiger charge is 2.44. The lowest BCUT2D eigenvalue weighted by Crippen LogP contribution is -2.55. The number of rotatable bonds is 3. The van der Waals surface area contributed by atoms with Gasteiger partial charge in [0.05, 0.1) is 29.3 Å². The van der Waals surface area contributed by atoms with Gasteiger partial charge in [-0.2, -0.15) is 0 Å². The van der Waals surface area contributed by atoms with Gasteiger partial charge in [-0.15, -0.1) is 0 Å². The molecule has 3 heterocycles. The number of piperidine rings is 1. The van der Waals surface area contributed by atoms with Crippen molar-refractivity contribution in [3.8, 4) is 0 Å². The second-order valence-corrected chi connectivity index (χ2v) is 6.83. The van der Waals surface area contributed by atoms with Crippen LogP contribution in [0.25, 0.3) is 11.0 Å². The van der Waals surface area contributed by atoms with Gasteiger partial charge in [0.2, 0.25) is 5.95 Å². The van der Waals surface area contributed by atoms with E-state index in [-0.39, 0.29) is 18.3 Å². The van der Waals surface area contributed by atoms with Crippen molar-refractivity contribution in [3.63, 3.8) is 0 Å². The Bertz CT molecular complexity index is 707. The van der Waals surface area contributed by atoms with E-state index in [1.165, 1.54) is 0 Å². The van der Waals surface area contributed by atoms with Crippen molar-refractivity contribution in [2.75, 3.05) is 31.2 Å². The molecule has 0 unspecified atom stereocenters. The molecule has 0 aliphatic carbocycles. The summed E-state index contributed by atoms with van der Waals surface area (Å²) in [5.41, 5.74) is 1.63. The lowest BCUT2D eigenvalue weighted by Gasteiger charge is -2.46. The van der Waals surface area contributed by atoms with Crippen LogP contribution in [0.5, 0.6) is 0 Å². The van der Waals surface area contributed by atoms with E-state index < -0.39 is 0 Å². The fourth-order valence-corrected chi connectivity index (χ4v) is 4.10. The summed E-state index contributed by atoms with van der Waals surface area (Å²) < 4.78 is 8.08. The molecule has 24 heavy (non-hydrogen) atoms. The van der Waals surface area contributed by atoms with Crippen molar-refractivity contribution in [3.05, 3.63) is 24.3 Å². The smallest absolute Gasteiger partial charge is 0.206 e. The Morgan fingerprint density at radius 2 is 2.04 bits per heavy atom. The largest absolute Gasteiger partial charge is 0.395 e. The second kappa shape index (κ2) is 6.35. The fraction of sp³-hybridized carbons (Fsp3) is 0.611. The van der Waals surface area contributed by atoms with E-state index >= 15 is 0 Å². The summed E-state index contributed by atoms with van der Waals surface area (Å²) in [6.45, 7) is 3.00. The molecule has 1 aromatic carbocycles. The predicted octanol–water partition coefficient (Wildman–Crippen LogP) is 1.54. The van der Waals surface area contributed by atoms with Gasteiger partial charge in [-0.25, -0.2) is 4.98 Å². The van der Waals surface area contributed by atoms with Crippen LogP contribution in [0.15, 0.2) is 24.3 Å². The minimum absolute atomic E-state index is 0.0902. The maximum atomic E-state index is 10.4. The number of aliphatic hydroxyl groups is 2. The molecule has 0 amide bonds. The molecule has 1 spiro atoms. The molecule has 2 saturated heterocycles. The van der Waals surface area contributed by atoms with Crippen molar-refractivity contribution >= 4 is 17.0 Å². The quantitative estimate of drug-likeness (QED) is 0.893. The zero-order valence-electron chi connectivity index (χ0n) is 13.9. The summed E-state index contributed by atoms with van der Waals surface area (Å²) >= 11 is 0. The summed E-state index contributed by atoms with van der Waals surface area (Å²) in [4.78, 5) is 7.04. The molecule has 6 nitrogen and oxygen atoms in total. The summed E-state index contributed by atoms with van der Waals surface area (Å²) in [6, 6.07) is 8.03. The first-order valence-electron chi connectivity index (χ1n) is 8.87. The predicted molar refractivity (Wildman–Crippen MR) is 92.2 cm³/mol. The summed E-state index contributed by atoms with van der Waals surface area (Å²) in [5.74, 6) is 0.908. The molecule has 6 heteroatoms. The molecule has 2 fully saturated rings. The van der Waals surface area contributed by atoms with Crippen LogP contribution in [0.2, 0.25) is 0 Å². The van der Waals surface area contributed by atoms with E-state index in [4.69, 9.17) is 9.72 Å². The zero-order valence-corrected chi connectivity index (χ0v) is 13.9. The van der Waals surface area contributed by atoms with Gasteiger partial charge >= 0.3 is 0 Å². The molecule has 0 saturated carbocycles. The Hall–Kier alpha value is -1.63. The second-order valence-electron chi connectivity index (χ2n) is 6.83. The van der Waals surface area contributed by atoms with Crippen LogP contribution in [0.4, 0.5) is 5.95 Å². The number of imidazole rings is 1. The Balaban J connectivity index is 1.59. The summed E-state index contributed by atoms with van der Waals surface area (Å²) in [6.07, 6.45) is 3.05. The van der Waals surface area contributed by atoms with Gasteiger partial charge in [0.1, 0.15) is 0 Å². The lowest BCUT2D eigenvalue weighted by atomic mass is 9.82. The molecule has 4 rings (SSSR count). The number of hydrogen-bond acceptors (Lipinski definition) is 5. The highest BCUT2D eigenvalue weighted by molar-refractivity contribution is 5.78. The van der Waals surface area contributed by atoms with Gasteiger partial charge in [-0.05, 0) is 37.8 Å². The first-order chi connectivity index (χ1) is 11.7. The van der Waals surface area contributed by atoms with Gasteiger partial charge in [0.25, 0.3) is 0 Å². The molecule has 130 valence electrons. The normalized spacial score (nSPS) is 23.9. The number of fused-ring (bicyclic) bond motifs is 1. The monoisotopic (exact) mass is 331 g/mol. The third kappa shape index (κ3) is 2.59. The number of ether oxygens (including phenoxy) is 1. The van der Waals surface area contributed by atoms with Crippen LogP contribution >= 0.6 is 0 Å². The maximum absolute atomic E-state index is 10.4. The van der Waals surface area contributed by atoms with Gasteiger partial charge in [0, 0.05) is 26.2 Å². The number of anilines is 1. The molecular weight excluding hydrogens is 306 g/mol. The molecule has 1 atom stereocenters. The molecule has 1 aromatic heterocycles. The number of aliphatic hydroxyl groups excluding tert-OH is 2. The Labute approximate surface area is 141 Å². The van der Waals surface area contributed by atoms with E-state index in [0.717, 1.165) is 62.4 Å². The van der Waals surface area contributed by atoms with E-state index in [9.17, 15) is 10.2 Å². The summed E-state index contributed by atoms with van der Waals surface area (Å²) in [7, 11) is 0. The average molecular weight is 331 g/mol. The summed E-state index contributed by atoms with van der Waals surface area (Å²) in [5, 5.41) is 19.8. The van der Waals surface area contributed by atoms with Crippen molar-refractivity contribution in [1.29, 1.82) is 0 Å². The maximum Gasteiger partial charge on any atom is 0.206 e. The molecule has 0 radical (unpaired) electrons. The van der Waals surface area contributed by atoms with E-state index in [2.05, 4.69) is 9.47 Å². The van der Waals surface area contributed by atoms with Crippen LogP contribution in [0, 0.1) is 0 Å². The SMILES string of the molecule is OCCn1c(N2CCC3(CC2)OCCC[C@H]3O)nc2ccccc21. The van der Waals surface area contributed by atoms with E-state index in [1.54, 1.807) is 0 Å². The zero-order chi connectivity index (χ0) is 16.6. The molecule has 2 aromatic rings. The average Bonchev–Trinajstić information content (AvgIpc) is 2.98. The first-order valence-corrected chi connectivity index (χ1v) is 8.87. The number of para-hydroxylation sites is 2. The van der Waals surface area contributed by atoms with Crippen molar-refractivity contribution in [1.82, 2.24) is 9.55 Å². The number of benzene rings is 1. The van der Waals surface area contributed by atoms with Crippen LogP contribution in [-0.2, 0) is 11.3 Å². The van der Waals surface area contributed by atoms with Crippen molar-refractivity contribution in [2.24, 2.45) is 0 Å². The Morgan fingerprint density at radius 3 is 2.79 bits per heavy atom. The minimum Gasteiger partial charge on any atom is -0.395 e. The molecule has 2 N–H and O–H groups in total. The van der Waals surface area contributed by atoms with Crippen LogP contribution in [-0.4, -0.2) is 57.8 Å². The third-order valence-corrected chi connectivity index (χ3v) is 5.47. The van der Waals surface area contributed by atoms with Crippen molar-refractivity contribution < 1.29 is 14.9 Å². The number of nitrogens with zero attached hydrogens (tertiary/aromatic N) is 3. The van der Waals surface area contributed by atoms with Crippen LogP contribution < -0.4 is 4.90 Å². The number of aromatic nitrogens is 2. The minimum atomic E-state index is -0.372. The van der Waals surface area contributed by atoms with Gasteiger partial charge in [-0.3, -0.25) is 0 Å². The van der Waals surface area contributed by atoms with Crippen molar-refractivity contribution in [2.45, 2.75) is 43.9 Å². The standard InChI is InChI=1S/C18H25N3O3/c22-12-11-21-15-5-2-1-4-14(15)19-17(21)20-9-7-18(8-10-20)16(23)6-3-13-24-18/h1-2,4-5,16,22-23H,3,6-13H2/t16-/m1/s1. The van der Waals surface area contributed by atoms with Crippen LogP contribution in [0.1, 0.15) is 25.7 Å². The molecule has 2 aliphatic heterocycles. The lowest BCUT2D eigenvalue weighted by molar-refractivity contribution is -0.164. The van der Waals surface area contributed by atoms with Crippen LogP contribution in [0.3, 0.4) is 0 Å². The topological polar surface area (TPSA) is 70.8 Å². The molecular formula is C18H25N3O3. The van der Waals surface area contributed by atoms with Gasteiger partial charge < -0.3 is 24.4 Å². The third-order valence-electron chi connectivity index (χ3n) is 5.47. The molecule has 0 bridgehead atoms. The fourth-order valence-electron chi connectivity index (χ4n) is 4.10. The van der Waals surface area contributed by atoms with E-state index in [1.807, 2.05) is 24.3 Å². The molecule has 2 aliphatic rings. The van der Waals surface area contributed by atoms with Gasteiger partial charge in [-0.1, -0.05) is 12.1 Å². The Morgan fingerprint density at radius 1 is 1.25 bits per heavy atom. The first kappa shape index (κ1) is 15.9. The van der Waals surface area contributed by atoms with E-state index in [0.29, 0.717) is 6.54 Å². The Kier molecular flexibility index (Phi) is 4.20. The number of hydrogen-bond donors (Lipinski definition) is 2.